The van der Waals surface area contributed by atoms with Gasteiger partial charge >= 0.3 is 0 Å². The van der Waals surface area contributed by atoms with Gasteiger partial charge in [0.15, 0.2) is 0 Å². The average Bonchev–Trinajstić information content (AvgIpc) is 3.09. The van der Waals surface area contributed by atoms with Crippen LogP contribution in [0.4, 0.5) is 0 Å². The molecule has 1 aliphatic rings. The van der Waals surface area contributed by atoms with Gasteiger partial charge in [0.1, 0.15) is 0 Å². The Bertz CT molecular complexity index is 733. The van der Waals surface area contributed by atoms with E-state index in [1.54, 1.807) is 11.6 Å². The van der Waals surface area contributed by atoms with E-state index in [0.717, 1.165) is 12.8 Å². The predicted molar refractivity (Wildman–Crippen MR) is 140 cm³/mol. The third-order valence-corrected chi connectivity index (χ3v) is 4.80. The van der Waals surface area contributed by atoms with Crippen LogP contribution in [-0.2, 0) is 11.8 Å². The Morgan fingerprint density at radius 3 is 2.03 bits per heavy atom. The molecule has 1 aliphatic carbocycles. The molecule has 1 aromatic carbocycles. The molecule has 0 saturated heterocycles. The lowest BCUT2D eigenvalue weighted by Crippen LogP contribution is -2.11. The molecular weight excluding hydrogens is 360 g/mol. The van der Waals surface area contributed by atoms with E-state index in [1.165, 1.54) is 23.1 Å². The smallest absolute Gasteiger partial charge is 0.00578 e. The molecule has 30 heavy (non-hydrogen) atoms. The minimum atomic E-state index is 0.268. The molecule has 0 atom stereocenters. The number of allylic oxidation sites excluding steroid dienone is 8. The minimum Gasteiger partial charge on any atom is -0.0991 e. The average molecular weight is 407 g/mol. The molecule has 0 saturated carbocycles. The third kappa shape index (κ3) is 12.5. The maximum atomic E-state index is 3.59. The van der Waals surface area contributed by atoms with E-state index in [0.29, 0.717) is 5.41 Å². The van der Waals surface area contributed by atoms with Crippen molar-refractivity contribution in [3.8, 4) is 0 Å². The van der Waals surface area contributed by atoms with Gasteiger partial charge in [0, 0.05) is 0 Å². The van der Waals surface area contributed by atoms with E-state index in [1.807, 2.05) is 38.2 Å². The van der Waals surface area contributed by atoms with Crippen LogP contribution in [-0.4, -0.2) is 0 Å². The van der Waals surface area contributed by atoms with E-state index < -0.39 is 0 Å². The van der Waals surface area contributed by atoms with Gasteiger partial charge in [0.25, 0.3) is 0 Å². The maximum Gasteiger partial charge on any atom is -0.00578 e. The molecule has 0 N–H and O–H groups in total. The van der Waals surface area contributed by atoms with Crippen LogP contribution in [0, 0.1) is 5.41 Å². The fraction of sp³-hybridized carbons (Fsp3) is 0.467. The zero-order chi connectivity index (χ0) is 23.2. The van der Waals surface area contributed by atoms with Gasteiger partial charge in [-0.1, -0.05) is 127 Å². The van der Waals surface area contributed by atoms with Crippen molar-refractivity contribution >= 4 is 6.08 Å². The Morgan fingerprint density at radius 1 is 0.933 bits per heavy atom. The Hall–Kier alpha value is -2.08. The summed E-state index contributed by atoms with van der Waals surface area (Å²) in [7, 11) is 0. The summed E-state index contributed by atoms with van der Waals surface area (Å²) in [5, 5.41) is 0. The molecule has 0 bridgehead atoms. The SMILES string of the molecule is C/C=C\C.C=C/C=C/C=C/CC(C)(C)C.CCC1=Cc2ccc(C(C)(C)C)cc2C1. The van der Waals surface area contributed by atoms with Crippen LogP contribution in [0.1, 0.15) is 91.8 Å². The van der Waals surface area contributed by atoms with Gasteiger partial charge in [0.2, 0.25) is 0 Å². The van der Waals surface area contributed by atoms with Crippen molar-refractivity contribution in [2.75, 3.05) is 0 Å². The number of hydrogen-bond acceptors (Lipinski definition) is 0. The first-order valence-corrected chi connectivity index (χ1v) is 11.3. The molecular formula is C30H46. The molecule has 2 rings (SSSR count). The molecule has 0 spiro atoms. The van der Waals surface area contributed by atoms with Crippen molar-refractivity contribution in [2.45, 2.75) is 87.0 Å². The predicted octanol–water partition coefficient (Wildman–Crippen LogP) is 9.64. The Balaban J connectivity index is 0.000000495. The van der Waals surface area contributed by atoms with Crippen molar-refractivity contribution in [1.82, 2.24) is 0 Å². The topological polar surface area (TPSA) is 0 Å². The lowest BCUT2D eigenvalue weighted by Gasteiger charge is -2.19. The summed E-state index contributed by atoms with van der Waals surface area (Å²) < 4.78 is 0. The summed E-state index contributed by atoms with van der Waals surface area (Å²) >= 11 is 0. The van der Waals surface area contributed by atoms with Crippen LogP contribution < -0.4 is 0 Å². The minimum absolute atomic E-state index is 0.268. The highest BCUT2D eigenvalue weighted by Crippen LogP contribution is 2.31. The fourth-order valence-electron chi connectivity index (χ4n) is 2.75. The number of fused-ring (bicyclic) bond motifs is 1. The molecule has 166 valence electrons. The normalized spacial score (nSPS) is 13.6. The largest absolute Gasteiger partial charge is 0.0991 e. The maximum absolute atomic E-state index is 3.59. The van der Waals surface area contributed by atoms with Crippen LogP contribution in [0.2, 0.25) is 0 Å². The highest BCUT2D eigenvalue weighted by Gasteiger charge is 2.17. The van der Waals surface area contributed by atoms with Gasteiger partial charge < -0.3 is 0 Å². The monoisotopic (exact) mass is 406 g/mol. The first-order chi connectivity index (χ1) is 14.0. The summed E-state index contributed by atoms with van der Waals surface area (Å²) in [4.78, 5) is 0. The van der Waals surface area contributed by atoms with Crippen LogP contribution in [0.5, 0.6) is 0 Å². The van der Waals surface area contributed by atoms with Crippen LogP contribution >= 0.6 is 0 Å². The van der Waals surface area contributed by atoms with Crippen molar-refractivity contribution in [3.63, 3.8) is 0 Å². The van der Waals surface area contributed by atoms with Gasteiger partial charge in [-0.15, -0.1) is 0 Å². The fourth-order valence-corrected chi connectivity index (χ4v) is 2.75. The highest BCUT2D eigenvalue weighted by molar-refractivity contribution is 5.64. The van der Waals surface area contributed by atoms with Crippen LogP contribution in [0.15, 0.2) is 72.9 Å². The van der Waals surface area contributed by atoms with E-state index in [-0.39, 0.29) is 5.41 Å². The van der Waals surface area contributed by atoms with Crippen LogP contribution in [0.25, 0.3) is 6.08 Å². The first-order valence-electron chi connectivity index (χ1n) is 11.3. The van der Waals surface area contributed by atoms with E-state index in [9.17, 15) is 0 Å². The van der Waals surface area contributed by atoms with Crippen molar-refractivity contribution in [3.05, 3.63) is 89.6 Å². The van der Waals surface area contributed by atoms with Gasteiger partial charge in [-0.05, 0) is 60.6 Å². The number of hydrogen-bond donors (Lipinski definition) is 0. The Morgan fingerprint density at radius 2 is 1.57 bits per heavy atom. The van der Waals surface area contributed by atoms with Crippen LogP contribution in [0.3, 0.4) is 0 Å². The first kappa shape index (κ1) is 27.9. The second-order valence-corrected chi connectivity index (χ2v) is 9.98. The zero-order valence-corrected chi connectivity index (χ0v) is 21.2. The second-order valence-electron chi connectivity index (χ2n) is 9.98. The molecule has 0 heteroatoms. The number of benzene rings is 1. The Labute approximate surface area is 188 Å². The molecule has 0 radical (unpaired) electrons. The quantitative estimate of drug-likeness (QED) is 0.345. The van der Waals surface area contributed by atoms with Crippen molar-refractivity contribution in [2.24, 2.45) is 5.41 Å². The summed E-state index contributed by atoms with van der Waals surface area (Å²) in [5.74, 6) is 0. The molecule has 0 aromatic heterocycles. The third-order valence-electron chi connectivity index (χ3n) is 4.80. The zero-order valence-electron chi connectivity index (χ0n) is 21.2. The van der Waals surface area contributed by atoms with Gasteiger partial charge in [-0.3, -0.25) is 0 Å². The number of rotatable bonds is 4. The molecule has 0 nitrogen and oxygen atoms in total. The van der Waals surface area contributed by atoms with E-state index >= 15 is 0 Å². The molecule has 0 amide bonds. The lowest BCUT2D eigenvalue weighted by molar-refractivity contribution is 0.420. The summed E-state index contributed by atoms with van der Waals surface area (Å²) in [5.41, 5.74) is 6.63. The molecule has 0 fully saturated rings. The molecule has 0 aliphatic heterocycles. The summed E-state index contributed by atoms with van der Waals surface area (Å²) in [6.07, 6.45) is 19.8. The van der Waals surface area contributed by atoms with Gasteiger partial charge in [-0.2, -0.15) is 0 Å². The second kappa shape index (κ2) is 14.0. The molecule has 1 aromatic rings. The van der Waals surface area contributed by atoms with E-state index in [2.05, 4.69) is 91.5 Å². The van der Waals surface area contributed by atoms with Crippen molar-refractivity contribution < 1.29 is 0 Å². The molecule has 0 heterocycles. The standard InChI is InChI=1S/C15H20.C11H18.C4H8/c1-5-11-8-12-6-7-14(15(2,3)4)10-13(12)9-11;1-5-6-7-8-9-10-11(2,3)4;1-3-4-2/h6-8,10H,5,9H2,1-4H3;5-9H,1,10H2,2-4H3;3-4H,1-2H3/b;7-6+,9-8+;4-3-. The Kier molecular flexibility index (Phi) is 13.0. The summed E-state index contributed by atoms with van der Waals surface area (Å²) in [6, 6.07) is 6.93. The molecule has 0 unspecified atom stereocenters. The highest BCUT2D eigenvalue weighted by atomic mass is 14.2. The van der Waals surface area contributed by atoms with Gasteiger partial charge in [-0.25, -0.2) is 0 Å². The summed E-state index contributed by atoms with van der Waals surface area (Å²) in [6.45, 7) is 23.3. The lowest BCUT2D eigenvalue weighted by atomic mass is 9.85. The van der Waals surface area contributed by atoms with Crippen molar-refractivity contribution in [1.29, 1.82) is 0 Å². The van der Waals surface area contributed by atoms with Gasteiger partial charge in [0.05, 0.1) is 0 Å². The van der Waals surface area contributed by atoms with E-state index in [4.69, 9.17) is 0 Å².